The van der Waals surface area contributed by atoms with Crippen LogP contribution in [0.25, 0.3) is 0 Å². The predicted octanol–water partition coefficient (Wildman–Crippen LogP) is 2.91. The zero-order chi connectivity index (χ0) is 25.9. The Morgan fingerprint density at radius 1 is 1.08 bits per heavy atom. The molecule has 8 nitrogen and oxygen atoms in total. The number of nitrogens with zero attached hydrogens (tertiary/aromatic N) is 3. The number of hydroxylamine groups is 2. The van der Waals surface area contributed by atoms with Gasteiger partial charge >= 0.3 is 5.69 Å². The van der Waals surface area contributed by atoms with Crippen LogP contribution in [0.3, 0.4) is 0 Å². The highest BCUT2D eigenvalue weighted by atomic mass is 28.4. The summed E-state index contributed by atoms with van der Waals surface area (Å²) in [6, 6.07) is 22.6. The summed E-state index contributed by atoms with van der Waals surface area (Å²) in [5.74, 6) is -0.0567. The van der Waals surface area contributed by atoms with Crippen LogP contribution >= 0.6 is 0 Å². The van der Waals surface area contributed by atoms with Crippen LogP contribution in [0.4, 0.5) is 5.82 Å². The molecule has 0 spiro atoms. The smallest absolute Gasteiger partial charge is 0.351 e. The number of amides is 1. The van der Waals surface area contributed by atoms with E-state index in [0.29, 0.717) is 13.0 Å². The standard InChI is InChI=1S/C27H34N4O4Si/c1-20(32)28-24-16-17-31(26(33)29-24)25-18-21(30(5)35-25)19-34-36(27(2,3)4,22-12-8-6-9-13-22)23-14-10-7-11-15-23/h6-17,21,25H,18-19H2,1-5H3,(H,28,29,32,33)/t21-,25+/m1/s1. The first-order valence-electron chi connectivity index (χ1n) is 12.1. The molecule has 0 aliphatic carbocycles. The number of nitrogens with one attached hydrogen (secondary N) is 1. The molecule has 190 valence electrons. The van der Waals surface area contributed by atoms with Crippen molar-refractivity contribution in [1.29, 1.82) is 0 Å². The number of rotatable bonds is 7. The van der Waals surface area contributed by atoms with Gasteiger partial charge in [-0.3, -0.25) is 14.2 Å². The average molecular weight is 507 g/mol. The van der Waals surface area contributed by atoms with Crippen LogP contribution in [-0.2, 0) is 14.1 Å². The lowest BCUT2D eigenvalue weighted by Crippen LogP contribution is -2.67. The van der Waals surface area contributed by atoms with Crippen molar-refractivity contribution in [3.05, 3.63) is 83.4 Å². The molecule has 4 rings (SSSR count). The molecule has 9 heteroatoms. The maximum absolute atomic E-state index is 12.6. The Morgan fingerprint density at radius 2 is 1.67 bits per heavy atom. The van der Waals surface area contributed by atoms with E-state index >= 15 is 0 Å². The maximum Gasteiger partial charge on any atom is 0.351 e. The van der Waals surface area contributed by atoms with Crippen LogP contribution in [-0.4, -0.2) is 48.5 Å². The third-order valence-electron chi connectivity index (χ3n) is 6.63. The summed E-state index contributed by atoms with van der Waals surface area (Å²) in [5.41, 5.74) is -0.479. The van der Waals surface area contributed by atoms with Crippen LogP contribution in [0.5, 0.6) is 0 Å². The fraction of sp³-hybridized carbons (Fsp3) is 0.370. The molecule has 1 N–H and O–H groups in total. The van der Waals surface area contributed by atoms with Gasteiger partial charge in [-0.05, 0) is 21.5 Å². The summed E-state index contributed by atoms with van der Waals surface area (Å²) in [6.45, 7) is 8.57. The molecule has 1 aromatic heterocycles. The molecule has 0 unspecified atom stereocenters. The number of likely N-dealkylation sites (N-methyl/N-ethyl adjacent to an activating group) is 1. The largest absolute Gasteiger partial charge is 0.406 e. The molecule has 3 aromatic rings. The number of anilines is 1. The van der Waals surface area contributed by atoms with Gasteiger partial charge in [0.15, 0.2) is 6.23 Å². The van der Waals surface area contributed by atoms with E-state index in [2.05, 4.69) is 79.6 Å². The van der Waals surface area contributed by atoms with Crippen molar-refractivity contribution in [2.45, 2.75) is 51.4 Å². The van der Waals surface area contributed by atoms with Crippen LogP contribution in [0, 0.1) is 0 Å². The Kier molecular flexibility index (Phi) is 7.56. The van der Waals surface area contributed by atoms with Crippen molar-refractivity contribution in [3.8, 4) is 0 Å². The van der Waals surface area contributed by atoms with E-state index in [-0.39, 0.29) is 22.8 Å². The van der Waals surface area contributed by atoms with E-state index in [0.717, 1.165) is 0 Å². The molecule has 1 fully saturated rings. The fourth-order valence-corrected chi connectivity index (χ4v) is 9.50. The zero-order valence-electron chi connectivity index (χ0n) is 21.5. The summed E-state index contributed by atoms with van der Waals surface area (Å²) < 4.78 is 8.51. The van der Waals surface area contributed by atoms with Gasteiger partial charge in [-0.2, -0.15) is 10.0 Å². The summed E-state index contributed by atoms with van der Waals surface area (Å²) in [5, 5.41) is 6.61. The number of carbonyl (C=O) groups is 1. The Bertz CT molecular complexity index is 1200. The average Bonchev–Trinajstić information content (AvgIpc) is 3.20. The predicted molar refractivity (Wildman–Crippen MR) is 143 cm³/mol. The molecule has 1 amide bonds. The van der Waals surface area contributed by atoms with Crippen LogP contribution in [0.2, 0.25) is 5.04 Å². The fourth-order valence-electron chi connectivity index (χ4n) is 4.90. The van der Waals surface area contributed by atoms with Gasteiger partial charge in [0, 0.05) is 26.6 Å². The third-order valence-corrected chi connectivity index (χ3v) is 11.6. The monoisotopic (exact) mass is 506 g/mol. The Hall–Kier alpha value is -3.11. The second kappa shape index (κ2) is 10.5. The number of aromatic nitrogens is 2. The van der Waals surface area contributed by atoms with E-state index in [9.17, 15) is 9.59 Å². The van der Waals surface area contributed by atoms with Crippen LogP contribution in [0.15, 0.2) is 77.7 Å². The van der Waals surface area contributed by atoms with Gasteiger partial charge in [-0.15, -0.1) is 0 Å². The second-order valence-corrected chi connectivity index (χ2v) is 14.5. The third kappa shape index (κ3) is 5.19. The molecule has 0 radical (unpaired) electrons. The minimum atomic E-state index is -2.69. The SMILES string of the molecule is CC(=O)Nc1ccn([C@@H]2C[C@H](CO[Si](c3ccccc3)(c3ccccc3)C(C)(C)C)N(C)O2)c(=O)n1. The van der Waals surface area contributed by atoms with Crippen molar-refractivity contribution in [2.75, 3.05) is 19.0 Å². The van der Waals surface area contributed by atoms with E-state index in [1.807, 2.05) is 19.2 Å². The van der Waals surface area contributed by atoms with E-state index in [1.54, 1.807) is 17.3 Å². The lowest BCUT2D eigenvalue weighted by Gasteiger charge is -2.43. The molecular formula is C27H34N4O4Si. The van der Waals surface area contributed by atoms with Crippen molar-refractivity contribution < 1.29 is 14.1 Å². The van der Waals surface area contributed by atoms with Gasteiger partial charge in [0.05, 0.1) is 12.6 Å². The first-order chi connectivity index (χ1) is 17.1. The zero-order valence-corrected chi connectivity index (χ0v) is 22.5. The summed E-state index contributed by atoms with van der Waals surface area (Å²) in [7, 11) is -0.821. The molecular weight excluding hydrogens is 472 g/mol. The topological polar surface area (TPSA) is 85.7 Å². The van der Waals surface area contributed by atoms with Gasteiger partial charge in [0.25, 0.3) is 8.32 Å². The normalized spacial score (nSPS) is 18.8. The number of benzene rings is 2. The maximum atomic E-state index is 12.6. The molecule has 2 heterocycles. The molecule has 0 bridgehead atoms. The highest BCUT2D eigenvalue weighted by molar-refractivity contribution is 6.99. The molecule has 1 saturated heterocycles. The summed E-state index contributed by atoms with van der Waals surface area (Å²) in [4.78, 5) is 33.9. The Labute approximate surface area is 213 Å². The van der Waals surface area contributed by atoms with E-state index in [1.165, 1.54) is 21.9 Å². The van der Waals surface area contributed by atoms with Gasteiger partial charge in [0.1, 0.15) is 5.82 Å². The van der Waals surface area contributed by atoms with E-state index in [4.69, 9.17) is 9.26 Å². The van der Waals surface area contributed by atoms with E-state index < -0.39 is 20.2 Å². The molecule has 2 atom stereocenters. The molecule has 36 heavy (non-hydrogen) atoms. The highest BCUT2D eigenvalue weighted by Gasteiger charge is 2.51. The van der Waals surface area contributed by atoms with Gasteiger partial charge in [-0.1, -0.05) is 81.4 Å². The lowest BCUT2D eigenvalue weighted by molar-refractivity contribution is -0.169. The van der Waals surface area contributed by atoms with Gasteiger partial charge in [-0.25, -0.2) is 4.79 Å². The van der Waals surface area contributed by atoms with Gasteiger partial charge in [0.2, 0.25) is 5.91 Å². The summed E-state index contributed by atoms with van der Waals surface area (Å²) >= 11 is 0. The van der Waals surface area contributed by atoms with Gasteiger partial charge < -0.3 is 9.74 Å². The van der Waals surface area contributed by atoms with Crippen molar-refractivity contribution >= 4 is 30.4 Å². The Morgan fingerprint density at radius 3 is 2.17 bits per heavy atom. The second-order valence-electron chi connectivity index (χ2n) is 10.2. The molecule has 1 aliphatic heterocycles. The number of carbonyl (C=O) groups excluding carboxylic acids is 1. The molecule has 2 aromatic carbocycles. The first kappa shape index (κ1) is 26.0. The number of hydrogen-bond donors (Lipinski definition) is 1. The Balaban J connectivity index is 1.60. The van der Waals surface area contributed by atoms with Crippen LogP contribution in [0.1, 0.15) is 40.3 Å². The number of hydrogen-bond acceptors (Lipinski definition) is 6. The van der Waals surface area contributed by atoms with Crippen LogP contribution < -0.4 is 21.4 Å². The quantitative estimate of drug-likeness (QED) is 0.496. The minimum absolute atomic E-state index is 0.0569. The van der Waals surface area contributed by atoms with Crippen molar-refractivity contribution in [1.82, 2.24) is 14.6 Å². The van der Waals surface area contributed by atoms with Crippen molar-refractivity contribution in [2.24, 2.45) is 0 Å². The summed E-state index contributed by atoms with van der Waals surface area (Å²) in [6.07, 6.45) is 1.66. The molecule has 0 saturated carbocycles. The highest BCUT2D eigenvalue weighted by Crippen LogP contribution is 2.38. The minimum Gasteiger partial charge on any atom is -0.406 e. The first-order valence-corrected chi connectivity index (χ1v) is 14.0. The van der Waals surface area contributed by atoms with Crippen molar-refractivity contribution in [3.63, 3.8) is 0 Å². The molecule has 1 aliphatic rings. The lowest BCUT2D eigenvalue weighted by atomic mass is 10.2.